The first-order valence-electron chi connectivity index (χ1n) is 7.80. The largest absolute Gasteiger partial charge is 0.310 e. The van der Waals surface area contributed by atoms with E-state index in [2.05, 4.69) is 17.0 Å². The zero-order valence-electron chi connectivity index (χ0n) is 12.6. The van der Waals surface area contributed by atoms with Gasteiger partial charge in [0.15, 0.2) is 0 Å². The average Bonchev–Trinajstić information content (AvgIpc) is 3.25. The van der Waals surface area contributed by atoms with E-state index in [1.165, 1.54) is 19.3 Å². The molecule has 1 aromatic rings. The van der Waals surface area contributed by atoms with E-state index in [4.69, 9.17) is 0 Å². The Hall–Kier alpha value is -0.910. The van der Waals surface area contributed by atoms with Gasteiger partial charge >= 0.3 is 0 Å². The molecule has 2 saturated carbocycles. The number of rotatable bonds is 7. The summed E-state index contributed by atoms with van der Waals surface area (Å²) in [6.07, 6.45) is 5.83. The third-order valence-corrected chi connectivity index (χ3v) is 6.17. The summed E-state index contributed by atoms with van der Waals surface area (Å²) in [5.41, 5.74) is 1.00. The van der Waals surface area contributed by atoms with E-state index in [0.29, 0.717) is 24.0 Å². The number of hydrogen-bond acceptors (Lipinski definition) is 3. The maximum absolute atomic E-state index is 12.6. The second-order valence-corrected chi connectivity index (χ2v) is 8.49. The van der Waals surface area contributed by atoms with Crippen molar-refractivity contribution in [3.63, 3.8) is 0 Å². The van der Waals surface area contributed by atoms with Crippen molar-refractivity contribution >= 4 is 10.0 Å². The van der Waals surface area contributed by atoms with Crippen LogP contribution in [0.5, 0.6) is 0 Å². The first-order chi connectivity index (χ1) is 9.99. The topological polar surface area (TPSA) is 58.2 Å². The summed E-state index contributed by atoms with van der Waals surface area (Å²) in [6.45, 7) is 3.32. The van der Waals surface area contributed by atoms with Crippen LogP contribution < -0.4 is 10.0 Å². The van der Waals surface area contributed by atoms with E-state index in [1.54, 1.807) is 12.1 Å². The molecule has 0 spiro atoms. The Morgan fingerprint density at radius 1 is 1.24 bits per heavy atom. The molecule has 0 aromatic heterocycles. The Bertz CT molecular complexity index is 604. The molecule has 2 aliphatic carbocycles. The Kier molecular flexibility index (Phi) is 4.08. The lowest BCUT2D eigenvalue weighted by atomic mass is 9.71. The Labute approximate surface area is 127 Å². The zero-order chi connectivity index (χ0) is 14.9. The normalized spacial score (nSPS) is 21.0. The van der Waals surface area contributed by atoms with Gasteiger partial charge in [-0.05, 0) is 42.7 Å². The highest BCUT2D eigenvalue weighted by Gasteiger charge is 2.33. The number of sulfonamides is 1. The number of nitrogens with one attached hydrogen (secondary N) is 2. The van der Waals surface area contributed by atoms with Crippen LogP contribution in [0.4, 0.5) is 0 Å². The first kappa shape index (κ1) is 15.0. The molecule has 1 aromatic carbocycles. The fraction of sp³-hybridized carbons (Fsp3) is 0.625. The molecule has 0 unspecified atom stereocenters. The highest BCUT2D eigenvalue weighted by molar-refractivity contribution is 7.89. The molecule has 0 heterocycles. The van der Waals surface area contributed by atoms with E-state index in [0.717, 1.165) is 18.4 Å². The molecule has 2 N–H and O–H groups in total. The smallest absolute Gasteiger partial charge is 0.240 e. The van der Waals surface area contributed by atoms with Gasteiger partial charge in [-0.15, -0.1) is 0 Å². The lowest BCUT2D eigenvalue weighted by molar-refractivity contribution is 0.166. The summed E-state index contributed by atoms with van der Waals surface area (Å²) in [5, 5.41) is 3.39. The zero-order valence-corrected chi connectivity index (χ0v) is 13.4. The van der Waals surface area contributed by atoms with E-state index in [1.807, 2.05) is 12.1 Å². The molecule has 0 atom stereocenters. The lowest BCUT2D eigenvalue weighted by Gasteiger charge is -2.38. The molecule has 0 saturated heterocycles. The highest BCUT2D eigenvalue weighted by Crippen LogP contribution is 2.39. The van der Waals surface area contributed by atoms with Crippen LogP contribution in [0, 0.1) is 5.41 Å². The van der Waals surface area contributed by atoms with Gasteiger partial charge in [0.2, 0.25) is 10.0 Å². The van der Waals surface area contributed by atoms with Crippen LogP contribution in [-0.4, -0.2) is 21.0 Å². The molecule has 4 nitrogen and oxygen atoms in total. The monoisotopic (exact) mass is 308 g/mol. The molecule has 21 heavy (non-hydrogen) atoms. The van der Waals surface area contributed by atoms with Crippen molar-refractivity contribution in [2.45, 2.75) is 56.5 Å². The molecule has 116 valence electrons. The van der Waals surface area contributed by atoms with Crippen LogP contribution in [0.15, 0.2) is 29.2 Å². The molecule has 0 bridgehead atoms. The molecule has 2 aliphatic rings. The fourth-order valence-electron chi connectivity index (χ4n) is 2.76. The molecule has 0 radical (unpaired) electrons. The minimum absolute atomic E-state index is 0.147. The van der Waals surface area contributed by atoms with E-state index in [9.17, 15) is 8.42 Å². The summed E-state index contributed by atoms with van der Waals surface area (Å²) in [7, 11) is -3.42. The SMILES string of the molecule is CC1(CNS(=O)(=O)c2ccccc2CNC2CC2)CCC1. The first-order valence-corrected chi connectivity index (χ1v) is 9.28. The average molecular weight is 308 g/mol. The Morgan fingerprint density at radius 3 is 2.57 bits per heavy atom. The summed E-state index contributed by atoms with van der Waals surface area (Å²) in [6, 6.07) is 7.86. The molecule has 0 amide bonds. The van der Waals surface area contributed by atoms with Gasteiger partial charge in [0, 0.05) is 19.1 Å². The van der Waals surface area contributed by atoms with Crippen molar-refractivity contribution in [1.29, 1.82) is 0 Å². The fourth-order valence-corrected chi connectivity index (χ4v) is 4.19. The minimum Gasteiger partial charge on any atom is -0.310 e. The Morgan fingerprint density at radius 2 is 1.95 bits per heavy atom. The third kappa shape index (κ3) is 3.65. The molecule has 0 aliphatic heterocycles. The van der Waals surface area contributed by atoms with Gasteiger partial charge in [-0.25, -0.2) is 13.1 Å². The quantitative estimate of drug-likeness (QED) is 0.813. The number of hydrogen-bond donors (Lipinski definition) is 2. The van der Waals surface area contributed by atoms with Crippen molar-refractivity contribution < 1.29 is 8.42 Å². The van der Waals surface area contributed by atoms with Crippen molar-refractivity contribution in [3.05, 3.63) is 29.8 Å². The highest BCUT2D eigenvalue weighted by atomic mass is 32.2. The van der Waals surface area contributed by atoms with Crippen LogP contribution in [-0.2, 0) is 16.6 Å². The molecule has 2 fully saturated rings. The maximum atomic E-state index is 12.6. The van der Waals surface area contributed by atoms with Gasteiger partial charge in [0.05, 0.1) is 4.90 Å². The van der Waals surface area contributed by atoms with E-state index >= 15 is 0 Å². The third-order valence-electron chi connectivity index (χ3n) is 4.67. The van der Waals surface area contributed by atoms with Crippen LogP contribution in [0.1, 0.15) is 44.6 Å². The lowest BCUT2D eigenvalue weighted by Crippen LogP contribution is -2.40. The van der Waals surface area contributed by atoms with Crippen LogP contribution in [0.25, 0.3) is 0 Å². The number of benzene rings is 1. The molecule has 3 rings (SSSR count). The van der Waals surface area contributed by atoms with Gasteiger partial charge in [0.25, 0.3) is 0 Å². The van der Waals surface area contributed by atoms with Gasteiger partial charge in [-0.3, -0.25) is 0 Å². The predicted octanol–water partition coefficient (Wildman–Crippen LogP) is 2.41. The van der Waals surface area contributed by atoms with Gasteiger partial charge in [-0.1, -0.05) is 31.5 Å². The standard InChI is InChI=1S/C16H24N2O2S/c1-16(9-4-10-16)12-18-21(19,20)15-6-3-2-5-13(15)11-17-14-7-8-14/h2-3,5-6,14,17-18H,4,7-12H2,1H3. The summed E-state index contributed by atoms with van der Waals surface area (Å²) in [5.74, 6) is 0. The van der Waals surface area contributed by atoms with Gasteiger partial charge in [-0.2, -0.15) is 0 Å². The maximum Gasteiger partial charge on any atom is 0.240 e. The van der Waals surface area contributed by atoms with Crippen molar-refractivity contribution in [1.82, 2.24) is 10.0 Å². The molecule has 5 heteroatoms. The minimum atomic E-state index is -3.42. The van der Waals surface area contributed by atoms with Crippen LogP contribution in [0.2, 0.25) is 0 Å². The van der Waals surface area contributed by atoms with Crippen LogP contribution in [0.3, 0.4) is 0 Å². The second-order valence-electron chi connectivity index (χ2n) is 6.75. The molecular formula is C16H24N2O2S. The van der Waals surface area contributed by atoms with Gasteiger partial charge in [0.1, 0.15) is 0 Å². The van der Waals surface area contributed by atoms with Crippen molar-refractivity contribution in [3.8, 4) is 0 Å². The summed E-state index contributed by atoms with van der Waals surface area (Å²) >= 11 is 0. The van der Waals surface area contributed by atoms with Crippen molar-refractivity contribution in [2.24, 2.45) is 5.41 Å². The summed E-state index contributed by atoms with van der Waals surface area (Å²) in [4.78, 5) is 0.418. The van der Waals surface area contributed by atoms with E-state index < -0.39 is 10.0 Å². The second kappa shape index (κ2) is 5.71. The van der Waals surface area contributed by atoms with E-state index in [-0.39, 0.29) is 5.41 Å². The van der Waals surface area contributed by atoms with Gasteiger partial charge < -0.3 is 5.32 Å². The Balaban J connectivity index is 1.70. The predicted molar refractivity (Wildman–Crippen MR) is 83.5 cm³/mol. The molecular weight excluding hydrogens is 284 g/mol. The van der Waals surface area contributed by atoms with Crippen LogP contribution >= 0.6 is 0 Å². The summed E-state index contributed by atoms with van der Waals surface area (Å²) < 4.78 is 27.9. The van der Waals surface area contributed by atoms with Crippen molar-refractivity contribution in [2.75, 3.05) is 6.54 Å².